The maximum atomic E-state index is 14.0. The monoisotopic (exact) mass is 253 g/mol. The predicted octanol–water partition coefficient (Wildman–Crippen LogP) is 2.13. The SMILES string of the molecule is COc1cccc(CC(N)C(OC)C2CC2)c1F. The number of ether oxygens (including phenoxy) is 2. The van der Waals surface area contributed by atoms with Crippen molar-refractivity contribution in [3.63, 3.8) is 0 Å². The van der Waals surface area contributed by atoms with Crippen molar-refractivity contribution in [2.24, 2.45) is 11.7 Å². The Hall–Kier alpha value is -1.13. The van der Waals surface area contributed by atoms with Gasteiger partial charge >= 0.3 is 0 Å². The Morgan fingerprint density at radius 3 is 2.67 bits per heavy atom. The van der Waals surface area contributed by atoms with Crippen molar-refractivity contribution in [2.45, 2.75) is 31.4 Å². The summed E-state index contributed by atoms with van der Waals surface area (Å²) in [5, 5.41) is 0. The van der Waals surface area contributed by atoms with Crippen LogP contribution in [0, 0.1) is 11.7 Å². The summed E-state index contributed by atoms with van der Waals surface area (Å²) < 4.78 is 24.4. The third kappa shape index (κ3) is 2.82. The van der Waals surface area contributed by atoms with Crippen LogP contribution in [0.2, 0.25) is 0 Å². The average Bonchev–Trinajstić information content (AvgIpc) is 3.17. The van der Waals surface area contributed by atoms with Gasteiger partial charge in [-0.3, -0.25) is 0 Å². The van der Waals surface area contributed by atoms with E-state index >= 15 is 0 Å². The molecule has 2 unspecified atom stereocenters. The Labute approximate surface area is 107 Å². The maximum Gasteiger partial charge on any atom is 0.168 e. The molecule has 1 aliphatic rings. The van der Waals surface area contributed by atoms with Gasteiger partial charge in [-0.1, -0.05) is 12.1 Å². The lowest BCUT2D eigenvalue weighted by Gasteiger charge is -2.22. The molecule has 1 aromatic carbocycles. The zero-order valence-corrected chi connectivity index (χ0v) is 10.9. The van der Waals surface area contributed by atoms with Gasteiger partial charge in [-0.15, -0.1) is 0 Å². The average molecular weight is 253 g/mol. The van der Waals surface area contributed by atoms with Gasteiger partial charge < -0.3 is 15.2 Å². The fourth-order valence-corrected chi connectivity index (χ4v) is 2.38. The van der Waals surface area contributed by atoms with Gasteiger partial charge in [-0.2, -0.15) is 0 Å². The number of benzene rings is 1. The van der Waals surface area contributed by atoms with Crippen LogP contribution < -0.4 is 10.5 Å². The molecule has 1 saturated carbocycles. The summed E-state index contributed by atoms with van der Waals surface area (Å²) in [5.41, 5.74) is 6.72. The van der Waals surface area contributed by atoms with Crippen molar-refractivity contribution < 1.29 is 13.9 Å². The molecule has 1 aliphatic carbocycles. The predicted molar refractivity (Wildman–Crippen MR) is 68.2 cm³/mol. The minimum absolute atomic E-state index is 0.0237. The molecule has 0 radical (unpaired) electrons. The van der Waals surface area contributed by atoms with E-state index in [0.717, 1.165) is 12.8 Å². The zero-order chi connectivity index (χ0) is 13.1. The Bertz CT molecular complexity index is 407. The fraction of sp³-hybridized carbons (Fsp3) is 0.571. The highest BCUT2D eigenvalue weighted by Crippen LogP contribution is 2.36. The van der Waals surface area contributed by atoms with Gasteiger partial charge in [0.1, 0.15) is 0 Å². The van der Waals surface area contributed by atoms with Gasteiger partial charge in [0.25, 0.3) is 0 Å². The van der Waals surface area contributed by atoms with Crippen LogP contribution in [0.4, 0.5) is 4.39 Å². The molecule has 2 N–H and O–H groups in total. The topological polar surface area (TPSA) is 44.5 Å². The molecule has 0 aliphatic heterocycles. The normalized spacial score (nSPS) is 18.4. The summed E-state index contributed by atoms with van der Waals surface area (Å²) in [6.07, 6.45) is 2.81. The minimum Gasteiger partial charge on any atom is -0.494 e. The Balaban J connectivity index is 2.08. The van der Waals surface area contributed by atoms with Gasteiger partial charge in [-0.05, 0) is 36.8 Å². The highest BCUT2D eigenvalue weighted by atomic mass is 19.1. The van der Waals surface area contributed by atoms with Crippen molar-refractivity contribution in [1.29, 1.82) is 0 Å². The van der Waals surface area contributed by atoms with Crippen LogP contribution in [0.3, 0.4) is 0 Å². The van der Waals surface area contributed by atoms with E-state index in [1.54, 1.807) is 25.3 Å². The highest BCUT2D eigenvalue weighted by molar-refractivity contribution is 5.31. The van der Waals surface area contributed by atoms with Crippen LogP contribution >= 0.6 is 0 Å². The summed E-state index contributed by atoms with van der Waals surface area (Å²) in [6.45, 7) is 0. The molecule has 100 valence electrons. The number of hydrogen-bond donors (Lipinski definition) is 1. The van der Waals surface area contributed by atoms with Gasteiger partial charge in [-0.25, -0.2) is 4.39 Å². The number of hydrogen-bond acceptors (Lipinski definition) is 3. The Kier molecular flexibility index (Phi) is 4.19. The molecule has 2 atom stereocenters. The molecular formula is C14H20FNO2. The van der Waals surface area contributed by atoms with E-state index in [1.165, 1.54) is 7.11 Å². The molecule has 0 bridgehead atoms. The molecule has 0 amide bonds. The molecule has 0 spiro atoms. The number of rotatable bonds is 6. The Morgan fingerprint density at radius 1 is 1.39 bits per heavy atom. The van der Waals surface area contributed by atoms with Gasteiger partial charge in [0.15, 0.2) is 11.6 Å². The second-order valence-electron chi connectivity index (χ2n) is 4.84. The first-order valence-corrected chi connectivity index (χ1v) is 6.27. The first-order valence-electron chi connectivity index (χ1n) is 6.27. The van der Waals surface area contributed by atoms with Crippen LogP contribution in [0.5, 0.6) is 5.75 Å². The third-order valence-corrected chi connectivity index (χ3v) is 3.50. The summed E-state index contributed by atoms with van der Waals surface area (Å²) in [6, 6.07) is 4.96. The van der Waals surface area contributed by atoms with Crippen molar-refractivity contribution in [2.75, 3.05) is 14.2 Å². The molecule has 0 saturated heterocycles. The number of halogens is 1. The fourth-order valence-electron chi connectivity index (χ4n) is 2.38. The first-order chi connectivity index (χ1) is 8.67. The summed E-state index contributed by atoms with van der Waals surface area (Å²) in [5.74, 6) is 0.486. The standard InChI is InChI=1S/C14H20FNO2/c1-17-12-5-3-4-10(13(12)15)8-11(16)14(18-2)9-6-7-9/h3-5,9,11,14H,6-8,16H2,1-2H3. The molecule has 0 heterocycles. The summed E-state index contributed by atoms with van der Waals surface area (Å²) >= 11 is 0. The highest BCUT2D eigenvalue weighted by Gasteiger charge is 2.35. The first kappa shape index (κ1) is 13.3. The van der Waals surface area contributed by atoms with Crippen molar-refractivity contribution in [1.82, 2.24) is 0 Å². The molecule has 3 nitrogen and oxygen atoms in total. The van der Waals surface area contributed by atoms with Gasteiger partial charge in [0, 0.05) is 13.2 Å². The van der Waals surface area contributed by atoms with Crippen molar-refractivity contribution in [3.05, 3.63) is 29.6 Å². The second kappa shape index (κ2) is 5.67. The van der Waals surface area contributed by atoms with Gasteiger partial charge in [0.05, 0.1) is 13.2 Å². The lowest BCUT2D eigenvalue weighted by Crippen LogP contribution is -2.39. The molecule has 0 aromatic heterocycles. The molecule has 2 rings (SSSR count). The number of nitrogens with two attached hydrogens (primary N) is 1. The van der Waals surface area contributed by atoms with E-state index < -0.39 is 0 Å². The molecular weight excluding hydrogens is 233 g/mol. The van der Waals surface area contributed by atoms with Crippen LogP contribution in [0.25, 0.3) is 0 Å². The van der Waals surface area contributed by atoms with Crippen LogP contribution in [0.1, 0.15) is 18.4 Å². The van der Waals surface area contributed by atoms with E-state index in [2.05, 4.69) is 0 Å². The lowest BCUT2D eigenvalue weighted by molar-refractivity contribution is 0.0624. The molecule has 4 heteroatoms. The minimum atomic E-state index is -0.318. The van der Waals surface area contributed by atoms with Crippen LogP contribution in [-0.2, 0) is 11.2 Å². The second-order valence-corrected chi connectivity index (χ2v) is 4.84. The smallest absolute Gasteiger partial charge is 0.168 e. The van der Waals surface area contributed by atoms with Crippen LogP contribution in [-0.4, -0.2) is 26.4 Å². The largest absolute Gasteiger partial charge is 0.494 e. The van der Waals surface area contributed by atoms with E-state index in [9.17, 15) is 4.39 Å². The van der Waals surface area contributed by atoms with E-state index in [4.69, 9.17) is 15.2 Å². The van der Waals surface area contributed by atoms with E-state index in [-0.39, 0.29) is 23.7 Å². The number of methoxy groups -OCH3 is 2. The lowest BCUT2D eigenvalue weighted by atomic mass is 9.98. The summed E-state index contributed by atoms with van der Waals surface area (Å²) in [7, 11) is 3.13. The molecule has 18 heavy (non-hydrogen) atoms. The van der Waals surface area contributed by atoms with Crippen molar-refractivity contribution >= 4 is 0 Å². The maximum absolute atomic E-state index is 14.0. The van der Waals surface area contributed by atoms with Gasteiger partial charge in [0.2, 0.25) is 0 Å². The van der Waals surface area contributed by atoms with Crippen LogP contribution in [0.15, 0.2) is 18.2 Å². The zero-order valence-electron chi connectivity index (χ0n) is 10.9. The van der Waals surface area contributed by atoms with E-state index in [0.29, 0.717) is 17.9 Å². The third-order valence-electron chi connectivity index (χ3n) is 3.50. The quantitative estimate of drug-likeness (QED) is 0.844. The Morgan fingerprint density at radius 2 is 2.11 bits per heavy atom. The summed E-state index contributed by atoms with van der Waals surface area (Å²) in [4.78, 5) is 0. The van der Waals surface area contributed by atoms with E-state index in [1.807, 2.05) is 0 Å². The molecule has 1 fully saturated rings. The van der Waals surface area contributed by atoms with Crippen molar-refractivity contribution in [3.8, 4) is 5.75 Å². The molecule has 1 aromatic rings.